The minimum absolute atomic E-state index is 0.366. The van der Waals surface area contributed by atoms with E-state index < -0.39 is 0 Å². The summed E-state index contributed by atoms with van der Waals surface area (Å²) < 4.78 is 16.1. The van der Waals surface area contributed by atoms with Crippen LogP contribution in [-0.4, -0.2) is 39.1 Å². The Labute approximate surface area is 162 Å². The van der Waals surface area contributed by atoms with Gasteiger partial charge in [0.1, 0.15) is 6.10 Å². The third-order valence-electron chi connectivity index (χ3n) is 4.88. The Morgan fingerprint density at radius 1 is 0.692 bits per heavy atom. The monoisotopic (exact) mass is 368 g/mol. The maximum absolute atomic E-state index is 5.58. The van der Waals surface area contributed by atoms with Gasteiger partial charge < -0.3 is 14.2 Å². The van der Waals surface area contributed by atoms with Crippen molar-refractivity contribution in [1.82, 2.24) is 0 Å². The lowest BCUT2D eigenvalue weighted by Crippen LogP contribution is -2.08. The molecule has 1 heterocycles. The first-order valence-electron chi connectivity index (χ1n) is 11.4. The van der Waals surface area contributed by atoms with Crippen molar-refractivity contribution in [2.45, 2.75) is 103 Å². The maximum Gasteiger partial charge on any atom is 0.104 e. The van der Waals surface area contributed by atoms with Gasteiger partial charge >= 0.3 is 0 Å². The van der Waals surface area contributed by atoms with Crippen LogP contribution in [0.4, 0.5) is 0 Å². The molecule has 0 aromatic carbocycles. The van der Waals surface area contributed by atoms with Crippen LogP contribution in [0.5, 0.6) is 0 Å². The molecule has 1 unspecified atom stereocenters. The highest BCUT2D eigenvalue weighted by atomic mass is 16.6. The summed E-state index contributed by atoms with van der Waals surface area (Å²) in [5.41, 5.74) is 0. The van der Waals surface area contributed by atoms with Gasteiger partial charge in [0.15, 0.2) is 0 Å². The molecular formula is C23H44O3. The van der Waals surface area contributed by atoms with Crippen LogP contribution in [0.3, 0.4) is 0 Å². The first kappa shape index (κ1) is 23.7. The Balaban J connectivity index is 1.63. The van der Waals surface area contributed by atoms with E-state index in [4.69, 9.17) is 14.2 Å². The average molecular weight is 369 g/mol. The zero-order valence-electron chi connectivity index (χ0n) is 17.4. The van der Waals surface area contributed by atoms with Gasteiger partial charge in [0.25, 0.3) is 0 Å². The molecule has 0 aromatic rings. The summed E-state index contributed by atoms with van der Waals surface area (Å²) in [5.74, 6) is 0. The van der Waals surface area contributed by atoms with E-state index in [2.05, 4.69) is 19.1 Å². The number of rotatable bonds is 21. The fourth-order valence-corrected chi connectivity index (χ4v) is 3.05. The standard InChI is InChI=1S/C23H44O3/c1-2-3-4-5-6-7-8-9-10-11-12-13-14-15-16-17-18-24-19-20-25-21-23-22-26-23/h9-10,23H,2-8,11-22H2,1H3. The van der Waals surface area contributed by atoms with Crippen LogP contribution in [0, 0.1) is 0 Å². The van der Waals surface area contributed by atoms with Gasteiger partial charge in [-0.15, -0.1) is 0 Å². The van der Waals surface area contributed by atoms with E-state index >= 15 is 0 Å². The molecule has 0 amide bonds. The molecule has 0 aromatic heterocycles. The predicted molar refractivity (Wildman–Crippen MR) is 111 cm³/mol. The maximum atomic E-state index is 5.58. The molecule has 0 saturated carbocycles. The lowest BCUT2D eigenvalue weighted by atomic mass is 10.1. The highest BCUT2D eigenvalue weighted by Crippen LogP contribution is 2.10. The van der Waals surface area contributed by atoms with E-state index in [1.54, 1.807) is 0 Å². The van der Waals surface area contributed by atoms with Gasteiger partial charge in [-0.1, -0.05) is 76.9 Å². The van der Waals surface area contributed by atoms with Crippen molar-refractivity contribution in [2.24, 2.45) is 0 Å². The molecule has 0 N–H and O–H groups in total. The molecule has 3 heteroatoms. The minimum atomic E-state index is 0.366. The topological polar surface area (TPSA) is 31.0 Å². The van der Waals surface area contributed by atoms with Gasteiger partial charge in [0.2, 0.25) is 0 Å². The Bertz CT molecular complexity index is 300. The Hall–Kier alpha value is -0.380. The summed E-state index contributed by atoms with van der Waals surface area (Å²) in [6, 6.07) is 0. The Morgan fingerprint density at radius 3 is 1.85 bits per heavy atom. The molecule has 3 nitrogen and oxygen atoms in total. The third kappa shape index (κ3) is 18.4. The molecule has 154 valence electrons. The summed E-state index contributed by atoms with van der Waals surface area (Å²) in [6.45, 7) is 6.19. The second-order valence-corrected chi connectivity index (χ2v) is 7.58. The van der Waals surface area contributed by atoms with Crippen molar-refractivity contribution in [3.8, 4) is 0 Å². The third-order valence-corrected chi connectivity index (χ3v) is 4.88. The van der Waals surface area contributed by atoms with E-state index in [1.807, 2.05) is 0 Å². The smallest absolute Gasteiger partial charge is 0.104 e. The molecule has 1 aliphatic heterocycles. The van der Waals surface area contributed by atoms with Crippen LogP contribution in [0.2, 0.25) is 0 Å². The van der Waals surface area contributed by atoms with Crippen LogP contribution in [0.15, 0.2) is 12.2 Å². The Morgan fingerprint density at radius 2 is 1.23 bits per heavy atom. The van der Waals surface area contributed by atoms with Crippen LogP contribution in [-0.2, 0) is 14.2 Å². The number of unbranched alkanes of at least 4 members (excludes halogenated alkanes) is 12. The van der Waals surface area contributed by atoms with Crippen LogP contribution < -0.4 is 0 Å². The second kappa shape index (κ2) is 19.4. The highest BCUT2D eigenvalue weighted by Gasteiger charge is 2.21. The van der Waals surface area contributed by atoms with Gasteiger partial charge in [-0.25, -0.2) is 0 Å². The lowest BCUT2D eigenvalue weighted by molar-refractivity contribution is 0.0405. The van der Waals surface area contributed by atoms with E-state index in [-0.39, 0.29) is 0 Å². The van der Waals surface area contributed by atoms with E-state index in [0.717, 1.165) is 26.4 Å². The second-order valence-electron chi connectivity index (χ2n) is 7.58. The first-order valence-corrected chi connectivity index (χ1v) is 11.4. The molecule has 1 rings (SSSR count). The van der Waals surface area contributed by atoms with Crippen LogP contribution in [0.1, 0.15) is 96.8 Å². The van der Waals surface area contributed by atoms with Crippen molar-refractivity contribution in [2.75, 3.05) is 33.0 Å². The molecule has 1 atom stereocenters. The molecule has 26 heavy (non-hydrogen) atoms. The van der Waals surface area contributed by atoms with Crippen molar-refractivity contribution in [3.05, 3.63) is 12.2 Å². The molecular weight excluding hydrogens is 324 g/mol. The van der Waals surface area contributed by atoms with Gasteiger partial charge in [0, 0.05) is 6.61 Å². The molecule has 0 spiro atoms. The van der Waals surface area contributed by atoms with E-state index in [9.17, 15) is 0 Å². The zero-order valence-corrected chi connectivity index (χ0v) is 17.4. The minimum Gasteiger partial charge on any atom is -0.379 e. The van der Waals surface area contributed by atoms with E-state index in [1.165, 1.54) is 89.9 Å². The summed E-state index contributed by atoms with van der Waals surface area (Å²) >= 11 is 0. The zero-order chi connectivity index (χ0) is 18.5. The van der Waals surface area contributed by atoms with Crippen molar-refractivity contribution in [1.29, 1.82) is 0 Å². The molecule has 0 bridgehead atoms. The molecule has 0 radical (unpaired) electrons. The van der Waals surface area contributed by atoms with E-state index in [0.29, 0.717) is 12.7 Å². The van der Waals surface area contributed by atoms with Gasteiger partial charge in [0.05, 0.1) is 26.4 Å². The number of hydrogen-bond donors (Lipinski definition) is 0. The van der Waals surface area contributed by atoms with Crippen LogP contribution >= 0.6 is 0 Å². The summed E-state index contributed by atoms with van der Waals surface area (Å²) in [7, 11) is 0. The molecule has 0 aliphatic carbocycles. The number of hydrogen-bond acceptors (Lipinski definition) is 3. The summed E-state index contributed by atoms with van der Waals surface area (Å²) in [6.07, 6.45) is 24.1. The fraction of sp³-hybridized carbons (Fsp3) is 0.913. The normalized spacial score (nSPS) is 16.6. The highest BCUT2D eigenvalue weighted by molar-refractivity contribution is 4.81. The molecule has 1 fully saturated rings. The van der Waals surface area contributed by atoms with Gasteiger partial charge in [-0.3, -0.25) is 0 Å². The SMILES string of the molecule is CCCCCCCCC=CCCCCCCCCOCCOCC1CO1. The number of epoxide rings is 1. The molecule has 1 aliphatic rings. The lowest BCUT2D eigenvalue weighted by Gasteiger charge is -2.05. The first-order chi connectivity index (χ1) is 12.9. The van der Waals surface area contributed by atoms with Crippen molar-refractivity contribution < 1.29 is 14.2 Å². The molecule has 1 saturated heterocycles. The quantitative estimate of drug-likeness (QED) is 0.132. The number of allylic oxidation sites excluding steroid dienone is 2. The fourth-order valence-electron chi connectivity index (χ4n) is 3.05. The summed E-state index contributed by atoms with van der Waals surface area (Å²) in [4.78, 5) is 0. The van der Waals surface area contributed by atoms with Crippen molar-refractivity contribution >= 4 is 0 Å². The Kier molecular flexibility index (Phi) is 17.6. The van der Waals surface area contributed by atoms with Crippen molar-refractivity contribution in [3.63, 3.8) is 0 Å². The average Bonchev–Trinajstić information content (AvgIpc) is 3.47. The van der Waals surface area contributed by atoms with Gasteiger partial charge in [-0.05, 0) is 32.1 Å². The number of ether oxygens (including phenoxy) is 3. The van der Waals surface area contributed by atoms with Gasteiger partial charge in [-0.2, -0.15) is 0 Å². The van der Waals surface area contributed by atoms with Crippen LogP contribution in [0.25, 0.3) is 0 Å². The largest absolute Gasteiger partial charge is 0.379 e. The summed E-state index contributed by atoms with van der Waals surface area (Å²) in [5, 5.41) is 0. The predicted octanol–water partition coefficient (Wildman–Crippen LogP) is 6.46.